The number of aromatic nitrogens is 2. The van der Waals surface area contributed by atoms with Crippen molar-refractivity contribution in [3.63, 3.8) is 0 Å². The predicted octanol–water partition coefficient (Wildman–Crippen LogP) is 2.13. The van der Waals surface area contributed by atoms with Gasteiger partial charge in [-0.25, -0.2) is 9.97 Å². The Hall–Kier alpha value is -1.90. The van der Waals surface area contributed by atoms with E-state index in [1.165, 1.54) is 0 Å². The van der Waals surface area contributed by atoms with E-state index in [0.29, 0.717) is 51.3 Å². The maximum atomic E-state index is 13.2. The van der Waals surface area contributed by atoms with E-state index in [9.17, 15) is 18.0 Å². The fourth-order valence-corrected chi connectivity index (χ4v) is 3.50. The second-order valence-corrected chi connectivity index (χ2v) is 6.84. The van der Waals surface area contributed by atoms with Crippen molar-refractivity contribution in [2.24, 2.45) is 5.92 Å². The van der Waals surface area contributed by atoms with Crippen molar-refractivity contribution >= 4 is 11.9 Å². The monoisotopic (exact) mass is 372 g/mol. The SMILES string of the molecule is COCCN1C[C@H](Cc2cc(C(F)(F)F)nc(N3CCCC3)n2)CC1=O. The number of alkyl halides is 3. The maximum absolute atomic E-state index is 13.2. The molecule has 0 spiro atoms. The molecule has 1 aromatic rings. The van der Waals surface area contributed by atoms with Crippen molar-refractivity contribution < 1.29 is 22.7 Å². The van der Waals surface area contributed by atoms with Crippen LogP contribution in [-0.2, 0) is 22.1 Å². The molecule has 0 unspecified atom stereocenters. The average Bonchev–Trinajstić information content (AvgIpc) is 3.22. The molecule has 1 atom stereocenters. The van der Waals surface area contributed by atoms with E-state index < -0.39 is 11.9 Å². The minimum absolute atomic E-state index is 0.0110. The van der Waals surface area contributed by atoms with Crippen molar-refractivity contribution in [2.75, 3.05) is 44.8 Å². The van der Waals surface area contributed by atoms with Crippen LogP contribution in [0.5, 0.6) is 0 Å². The number of ether oxygens (including phenoxy) is 1. The van der Waals surface area contributed by atoms with Gasteiger partial charge in [-0.15, -0.1) is 0 Å². The zero-order valence-electron chi connectivity index (χ0n) is 14.8. The number of hydrogen-bond acceptors (Lipinski definition) is 5. The first kappa shape index (κ1) is 18.9. The summed E-state index contributed by atoms with van der Waals surface area (Å²) in [7, 11) is 1.57. The van der Waals surface area contributed by atoms with Crippen molar-refractivity contribution in [2.45, 2.75) is 31.9 Å². The lowest BCUT2D eigenvalue weighted by Crippen LogP contribution is -2.29. The number of carbonyl (C=O) groups is 1. The lowest BCUT2D eigenvalue weighted by molar-refractivity contribution is -0.141. The molecule has 0 saturated carbocycles. The Bertz CT molecular complexity index is 647. The fraction of sp³-hybridized carbons (Fsp3) is 0.706. The predicted molar refractivity (Wildman–Crippen MR) is 88.7 cm³/mol. The van der Waals surface area contributed by atoms with E-state index in [2.05, 4.69) is 9.97 Å². The number of hydrogen-bond donors (Lipinski definition) is 0. The van der Waals surface area contributed by atoms with E-state index in [1.54, 1.807) is 16.9 Å². The van der Waals surface area contributed by atoms with E-state index >= 15 is 0 Å². The highest BCUT2D eigenvalue weighted by molar-refractivity contribution is 5.78. The van der Waals surface area contributed by atoms with Gasteiger partial charge in [-0.05, 0) is 31.2 Å². The summed E-state index contributed by atoms with van der Waals surface area (Å²) >= 11 is 0. The minimum atomic E-state index is -4.51. The fourth-order valence-electron chi connectivity index (χ4n) is 3.50. The van der Waals surface area contributed by atoms with Crippen LogP contribution in [-0.4, -0.2) is 60.7 Å². The number of methoxy groups -OCH3 is 1. The Morgan fingerprint density at radius 1 is 1.27 bits per heavy atom. The van der Waals surface area contributed by atoms with E-state index in [0.717, 1.165) is 18.9 Å². The van der Waals surface area contributed by atoms with Gasteiger partial charge in [0.25, 0.3) is 0 Å². The molecule has 3 rings (SSSR count). The van der Waals surface area contributed by atoms with Crippen molar-refractivity contribution in [3.05, 3.63) is 17.5 Å². The molecule has 144 valence electrons. The Morgan fingerprint density at radius 3 is 2.65 bits per heavy atom. The Labute approximate surface area is 150 Å². The Morgan fingerprint density at radius 2 is 2.00 bits per heavy atom. The molecule has 2 saturated heterocycles. The second-order valence-electron chi connectivity index (χ2n) is 6.84. The molecule has 26 heavy (non-hydrogen) atoms. The summed E-state index contributed by atoms with van der Waals surface area (Å²) in [5.41, 5.74) is -0.564. The smallest absolute Gasteiger partial charge is 0.383 e. The van der Waals surface area contributed by atoms with Gasteiger partial charge in [-0.2, -0.15) is 13.2 Å². The molecule has 0 bridgehead atoms. The molecular formula is C17H23F3N4O2. The Kier molecular flexibility index (Phi) is 5.64. The molecule has 0 N–H and O–H groups in total. The Balaban J connectivity index is 1.76. The quantitative estimate of drug-likeness (QED) is 0.766. The number of likely N-dealkylation sites (tertiary alicyclic amines) is 1. The molecular weight excluding hydrogens is 349 g/mol. The van der Waals surface area contributed by atoms with Gasteiger partial charge in [-0.3, -0.25) is 4.79 Å². The molecule has 3 heterocycles. The highest BCUT2D eigenvalue weighted by Gasteiger charge is 2.35. The molecule has 9 heteroatoms. The topological polar surface area (TPSA) is 58.6 Å². The van der Waals surface area contributed by atoms with Gasteiger partial charge in [-0.1, -0.05) is 0 Å². The summed E-state index contributed by atoms with van der Waals surface area (Å²) in [6.45, 7) is 2.82. The van der Waals surface area contributed by atoms with Crippen LogP contribution in [0.4, 0.5) is 19.1 Å². The average molecular weight is 372 g/mol. The third-order valence-corrected chi connectivity index (χ3v) is 4.80. The highest BCUT2D eigenvalue weighted by Crippen LogP contribution is 2.31. The van der Waals surface area contributed by atoms with Crippen LogP contribution in [0.3, 0.4) is 0 Å². The number of halogens is 3. The maximum Gasteiger partial charge on any atom is 0.433 e. The van der Waals surface area contributed by atoms with Gasteiger partial charge in [0.2, 0.25) is 11.9 Å². The highest BCUT2D eigenvalue weighted by atomic mass is 19.4. The first-order valence-corrected chi connectivity index (χ1v) is 8.83. The standard InChI is InChI=1S/C17H23F3N4O2/c1-26-7-6-24-11-12(9-15(24)25)8-13-10-14(17(18,19)20)22-16(21-13)23-4-2-3-5-23/h10,12H,2-9,11H2,1H3/t12-/m1/s1. The largest absolute Gasteiger partial charge is 0.433 e. The molecule has 0 aromatic carbocycles. The number of carbonyl (C=O) groups excluding carboxylic acids is 1. The molecule has 0 aliphatic carbocycles. The summed E-state index contributed by atoms with van der Waals surface area (Å²) in [6.07, 6.45) is -1.99. The molecule has 1 amide bonds. The van der Waals surface area contributed by atoms with Gasteiger partial charge in [0.15, 0.2) is 0 Å². The zero-order chi connectivity index (χ0) is 18.7. The summed E-state index contributed by atoms with van der Waals surface area (Å²) < 4.78 is 44.7. The summed E-state index contributed by atoms with van der Waals surface area (Å²) in [5, 5.41) is 0. The number of anilines is 1. The van der Waals surface area contributed by atoms with Crippen LogP contribution < -0.4 is 4.90 Å². The van der Waals surface area contributed by atoms with Crippen molar-refractivity contribution in [1.29, 1.82) is 0 Å². The lowest BCUT2D eigenvalue weighted by Gasteiger charge is -2.19. The van der Waals surface area contributed by atoms with Crippen LogP contribution in [0.25, 0.3) is 0 Å². The number of rotatable bonds is 6. The van der Waals surface area contributed by atoms with Gasteiger partial charge in [0, 0.05) is 45.4 Å². The normalized spacial score (nSPS) is 21.1. The van der Waals surface area contributed by atoms with Gasteiger partial charge >= 0.3 is 6.18 Å². The molecule has 0 radical (unpaired) electrons. The van der Waals surface area contributed by atoms with E-state index in [-0.39, 0.29) is 17.8 Å². The van der Waals surface area contributed by atoms with Crippen LogP contribution in [0, 0.1) is 5.92 Å². The van der Waals surface area contributed by atoms with Crippen molar-refractivity contribution in [3.8, 4) is 0 Å². The lowest BCUT2D eigenvalue weighted by atomic mass is 10.0. The zero-order valence-corrected chi connectivity index (χ0v) is 14.8. The minimum Gasteiger partial charge on any atom is -0.383 e. The van der Waals surface area contributed by atoms with Gasteiger partial charge < -0.3 is 14.5 Å². The number of nitrogens with zero attached hydrogens (tertiary/aromatic N) is 4. The van der Waals surface area contributed by atoms with Gasteiger partial charge in [0.05, 0.1) is 6.61 Å². The summed E-state index contributed by atoms with van der Waals surface area (Å²) in [6, 6.07) is 1.02. The third-order valence-electron chi connectivity index (χ3n) is 4.80. The van der Waals surface area contributed by atoms with Gasteiger partial charge in [0.1, 0.15) is 5.69 Å². The van der Waals surface area contributed by atoms with Crippen LogP contribution >= 0.6 is 0 Å². The van der Waals surface area contributed by atoms with E-state index in [1.807, 2.05) is 0 Å². The van der Waals surface area contributed by atoms with Crippen LogP contribution in [0.15, 0.2) is 6.07 Å². The molecule has 2 fully saturated rings. The first-order valence-electron chi connectivity index (χ1n) is 8.83. The van der Waals surface area contributed by atoms with Crippen molar-refractivity contribution in [1.82, 2.24) is 14.9 Å². The van der Waals surface area contributed by atoms with E-state index in [4.69, 9.17) is 4.74 Å². The van der Waals surface area contributed by atoms with Crippen LogP contribution in [0.2, 0.25) is 0 Å². The summed E-state index contributed by atoms with van der Waals surface area (Å²) in [5.74, 6) is 0.117. The summed E-state index contributed by atoms with van der Waals surface area (Å²) in [4.78, 5) is 23.6. The number of amides is 1. The third kappa shape index (κ3) is 4.44. The van der Waals surface area contributed by atoms with Crippen LogP contribution in [0.1, 0.15) is 30.7 Å². The molecule has 2 aliphatic heterocycles. The molecule has 1 aromatic heterocycles. The molecule has 6 nitrogen and oxygen atoms in total. The second kappa shape index (κ2) is 7.77. The molecule has 2 aliphatic rings. The first-order chi connectivity index (χ1) is 12.4.